The van der Waals surface area contributed by atoms with Crippen molar-refractivity contribution >= 4 is 5.97 Å². The Hall–Kier alpha value is -0.830. The lowest BCUT2D eigenvalue weighted by atomic mass is 9.82. The van der Waals surface area contributed by atoms with E-state index in [9.17, 15) is 4.79 Å². The first-order valence-electron chi connectivity index (χ1n) is 4.33. The molecule has 0 saturated carbocycles. The number of methoxy groups -OCH3 is 1. The third-order valence-electron chi connectivity index (χ3n) is 2.68. The molecule has 3 aliphatic rings. The Morgan fingerprint density at radius 1 is 1.50 bits per heavy atom. The van der Waals surface area contributed by atoms with Gasteiger partial charge >= 0.3 is 5.97 Å². The van der Waals surface area contributed by atoms with Crippen LogP contribution < -0.4 is 5.32 Å². The molecule has 0 aromatic rings. The SMILES string of the molecule is COC(=O)[C@H]1N[C@@H]2C=C[C@H]1CC2. The Labute approximate surface area is 71.8 Å². The first-order chi connectivity index (χ1) is 5.81. The third kappa shape index (κ3) is 1.14. The molecular weight excluding hydrogens is 154 g/mol. The van der Waals surface area contributed by atoms with Gasteiger partial charge in [-0.3, -0.25) is 10.1 Å². The highest BCUT2D eigenvalue weighted by Crippen LogP contribution is 2.27. The van der Waals surface area contributed by atoms with Crippen molar-refractivity contribution in [2.75, 3.05) is 7.11 Å². The molecule has 2 bridgehead atoms. The molecule has 3 heteroatoms. The normalized spacial score (nSPS) is 38.2. The van der Waals surface area contributed by atoms with E-state index in [0.717, 1.165) is 12.8 Å². The lowest BCUT2D eigenvalue weighted by Gasteiger charge is -2.37. The maximum atomic E-state index is 11.2. The summed E-state index contributed by atoms with van der Waals surface area (Å²) < 4.78 is 4.71. The van der Waals surface area contributed by atoms with Gasteiger partial charge in [-0.1, -0.05) is 12.2 Å². The molecule has 3 atom stereocenters. The van der Waals surface area contributed by atoms with E-state index in [1.807, 2.05) is 0 Å². The van der Waals surface area contributed by atoms with Crippen molar-refractivity contribution in [2.24, 2.45) is 5.92 Å². The number of piperidine rings is 1. The molecule has 3 rings (SSSR count). The highest BCUT2D eigenvalue weighted by Gasteiger charge is 2.36. The fraction of sp³-hybridized carbons (Fsp3) is 0.667. The molecule has 0 unspecified atom stereocenters. The zero-order valence-electron chi connectivity index (χ0n) is 7.12. The van der Waals surface area contributed by atoms with Crippen molar-refractivity contribution in [3.63, 3.8) is 0 Å². The fourth-order valence-electron chi connectivity index (χ4n) is 1.98. The Kier molecular flexibility index (Phi) is 1.89. The first kappa shape index (κ1) is 7.80. The molecule has 0 amide bonds. The zero-order valence-corrected chi connectivity index (χ0v) is 7.12. The maximum absolute atomic E-state index is 11.2. The van der Waals surface area contributed by atoms with E-state index in [0.29, 0.717) is 12.0 Å². The zero-order chi connectivity index (χ0) is 8.55. The summed E-state index contributed by atoms with van der Waals surface area (Å²) in [5, 5.41) is 3.24. The summed E-state index contributed by atoms with van der Waals surface area (Å²) >= 11 is 0. The molecule has 0 aromatic heterocycles. The number of rotatable bonds is 1. The van der Waals surface area contributed by atoms with E-state index in [2.05, 4.69) is 17.5 Å². The van der Waals surface area contributed by atoms with E-state index < -0.39 is 0 Å². The monoisotopic (exact) mass is 167 g/mol. The van der Waals surface area contributed by atoms with Crippen LogP contribution in [0.25, 0.3) is 0 Å². The van der Waals surface area contributed by atoms with E-state index >= 15 is 0 Å². The summed E-state index contributed by atoms with van der Waals surface area (Å²) in [6, 6.07) is 0.290. The van der Waals surface area contributed by atoms with Crippen LogP contribution in [0.3, 0.4) is 0 Å². The van der Waals surface area contributed by atoms with Crippen molar-refractivity contribution in [1.29, 1.82) is 0 Å². The van der Waals surface area contributed by atoms with E-state index in [1.54, 1.807) is 0 Å². The van der Waals surface area contributed by atoms with Gasteiger partial charge in [-0.2, -0.15) is 0 Å². The highest BCUT2D eigenvalue weighted by molar-refractivity contribution is 5.77. The van der Waals surface area contributed by atoms with Crippen molar-refractivity contribution in [3.8, 4) is 0 Å². The quantitative estimate of drug-likeness (QED) is 0.455. The van der Waals surface area contributed by atoms with Gasteiger partial charge in [0, 0.05) is 12.0 Å². The smallest absolute Gasteiger partial charge is 0.323 e. The van der Waals surface area contributed by atoms with Gasteiger partial charge in [-0.25, -0.2) is 0 Å². The van der Waals surface area contributed by atoms with E-state index in [4.69, 9.17) is 4.74 Å². The molecule has 0 spiro atoms. The number of hydrogen-bond donors (Lipinski definition) is 1. The molecule has 2 aliphatic heterocycles. The molecule has 1 saturated heterocycles. The Bertz CT molecular complexity index is 225. The van der Waals surface area contributed by atoms with Gasteiger partial charge in [0.2, 0.25) is 0 Å². The maximum Gasteiger partial charge on any atom is 0.323 e. The number of ether oxygens (including phenoxy) is 1. The number of carbonyl (C=O) groups is 1. The molecule has 0 radical (unpaired) electrons. The van der Waals surface area contributed by atoms with Gasteiger partial charge in [0.25, 0.3) is 0 Å². The minimum Gasteiger partial charge on any atom is -0.468 e. The predicted molar refractivity (Wildman–Crippen MR) is 44.6 cm³/mol. The molecule has 12 heavy (non-hydrogen) atoms. The number of esters is 1. The molecule has 1 aliphatic carbocycles. The number of hydrogen-bond acceptors (Lipinski definition) is 3. The minimum atomic E-state index is -0.131. The summed E-state index contributed by atoms with van der Waals surface area (Å²) in [5.41, 5.74) is 0. The molecule has 3 nitrogen and oxygen atoms in total. The number of fused-ring (bicyclic) bond motifs is 2. The van der Waals surface area contributed by atoms with Gasteiger partial charge in [0.15, 0.2) is 0 Å². The van der Waals surface area contributed by atoms with Crippen LogP contribution in [0.5, 0.6) is 0 Å². The Balaban J connectivity index is 2.11. The van der Waals surface area contributed by atoms with Gasteiger partial charge in [-0.05, 0) is 12.8 Å². The van der Waals surface area contributed by atoms with Gasteiger partial charge in [0.05, 0.1) is 7.11 Å². The molecule has 66 valence electrons. The lowest BCUT2D eigenvalue weighted by Crippen LogP contribution is -2.53. The summed E-state index contributed by atoms with van der Waals surface area (Å²) in [7, 11) is 1.44. The summed E-state index contributed by atoms with van der Waals surface area (Å²) in [5.74, 6) is 0.219. The van der Waals surface area contributed by atoms with Gasteiger partial charge in [-0.15, -0.1) is 0 Å². The topological polar surface area (TPSA) is 38.3 Å². The van der Waals surface area contributed by atoms with Crippen molar-refractivity contribution < 1.29 is 9.53 Å². The van der Waals surface area contributed by atoms with Crippen LogP contribution in [-0.4, -0.2) is 25.2 Å². The van der Waals surface area contributed by atoms with Crippen LogP contribution in [-0.2, 0) is 9.53 Å². The van der Waals surface area contributed by atoms with Crippen LogP contribution in [0.4, 0.5) is 0 Å². The largest absolute Gasteiger partial charge is 0.468 e. The Morgan fingerprint density at radius 3 is 2.75 bits per heavy atom. The second-order valence-corrected chi connectivity index (χ2v) is 3.40. The minimum absolute atomic E-state index is 0.0984. The second-order valence-electron chi connectivity index (χ2n) is 3.40. The molecule has 0 aromatic carbocycles. The van der Waals surface area contributed by atoms with Crippen molar-refractivity contribution in [2.45, 2.75) is 24.9 Å². The van der Waals surface area contributed by atoms with Gasteiger partial charge in [0.1, 0.15) is 6.04 Å². The summed E-state index contributed by atoms with van der Waals surface area (Å²) in [6.45, 7) is 0. The number of nitrogens with one attached hydrogen (secondary N) is 1. The summed E-state index contributed by atoms with van der Waals surface area (Å²) in [6.07, 6.45) is 6.53. The predicted octanol–water partition coefficient (Wildman–Crippen LogP) is 0.466. The average Bonchev–Trinajstić information content (AvgIpc) is 2.18. The molecule has 1 fully saturated rings. The van der Waals surface area contributed by atoms with Crippen LogP contribution in [0.2, 0.25) is 0 Å². The third-order valence-corrected chi connectivity index (χ3v) is 2.68. The highest BCUT2D eigenvalue weighted by atomic mass is 16.5. The van der Waals surface area contributed by atoms with Crippen molar-refractivity contribution in [3.05, 3.63) is 12.2 Å². The van der Waals surface area contributed by atoms with E-state index in [-0.39, 0.29) is 12.0 Å². The molecule has 2 heterocycles. The molecular formula is C9H13NO2. The summed E-state index contributed by atoms with van der Waals surface area (Å²) in [4.78, 5) is 11.2. The van der Waals surface area contributed by atoms with Gasteiger partial charge < -0.3 is 4.74 Å². The lowest BCUT2D eigenvalue weighted by molar-refractivity contribution is -0.145. The van der Waals surface area contributed by atoms with Crippen molar-refractivity contribution in [1.82, 2.24) is 5.32 Å². The van der Waals surface area contributed by atoms with Crippen LogP contribution in [0.1, 0.15) is 12.8 Å². The van der Waals surface area contributed by atoms with Crippen LogP contribution in [0, 0.1) is 5.92 Å². The second kappa shape index (κ2) is 2.90. The van der Waals surface area contributed by atoms with Crippen LogP contribution >= 0.6 is 0 Å². The molecule has 1 N–H and O–H groups in total. The average molecular weight is 167 g/mol. The standard InChI is InChI=1S/C9H13NO2/c1-12-9(11)8-6-2-4-7(10-8)5-3-6/h2,4,6-8,10H,3,5H2,1H3/t6-,7+,8-/m0/s1. The first-order valence-corrected chi connectivity index (χ1v) is 4.33. The Morgan fingerprint density at radius 2 is 2.33 bits per heavy atom. The van der Waals surface area contributed by atoms with Crippen LogP contribution in [0.15, 0.2) is 12.2 Å². The van der Waals surface area contributed by atoms with E-state index in [1.165, 1.54) is 7.11 Å². The fourth-order valence-corrected chi connectivity index (χ4v) is 1.98. The number of carbonyl (C=O) groups excluding carboxylic acids is 1.